The van der Waals surface area contributed by atoms with Gasteiger partial charge in [-0.2, -0.15) is 4.31 Å². The third-order valence-corrected chi connectivity index (χ3v) is 8.32. The maximum atomic E-state index is 12.6. The predicted octanol–water partition coefficient (Wildman–Crippen LogP) is 3.27. The molecule has 3 rings (SSSR count). The van der Waals surface area contributed by atoms with Gasteiger partial charge in [-0.15, -0.1) is 0 Å². The molecule has 0 aliphatic heterocycles. The molecule has 1 amide bonds. The highest BCUT2D eigenvalue weighted by Gasteiger charge is 2.42. The maximum absolute atomic E-state index is 12.6. The summed E-state index contributed by atoms with van der Waals surface area (Å²) in [5.41, 5.74) is 0.513. The fraction of sp³-hybridized carbons (Fsp3) is 0.650. The SMILES string of the molecule is CCN(CC)S(=O)(=O)c1ccc(C(=O)N[C@@H](C)[C@H]2C[C@H]3CC[C@H]2C3)cc1. The van der Waals surface area contributed by atoms with Crippen LogP contribution in [-0.2, 0) is 10.0 Å². The van der Waals surface area contributed by atoms with Gasteiger partial charge in [-0.05, 0) is 68.2 Å². The van der Waals surface area contributed by atoms with Crippen molar-refractivity contribution in [2.24, 2.45) is 17.8 Å². The van der Waals surface area contributed by atoms with Crippen molar-refractivity contribution in [1.82, 2.24) is 9.62 Å². The van der Waals surface area contributed by atoms with E-state index in [0.29, 0.717) is 24.6 Å². The number of rotatable bonds is 7. The van der Waals surface area contributed by atoms with Crippen LogP contribution >= 0.6 is 0 Å². The second-order valence-electron chi connectivity index (χ2n) is 7.71. The molecule has 6 heteroatoms. The lowest BCUT2D eigenvalue weighted by Gasteiger charge is -2.28. The van der Waals surface area contributed by atoms with Gasteiger partial charge >= 0.3 is 0 Å². The molecule has 2 bridgehead atoms. The van der Waals surface area contributed by atoms with E-state index in [2.05, 4.69) is 12.2 Å². The van der Waals surface area contributed by atoms with Crippen LogP contribution in [0.5, 0.6) is 0 Å². The average Bonchev–Trinajstić information content (AvgIpc) is 3.26. The van der Waals surface area contributed by atoms with E-state index in [-0.39, 0.29) is 16.8 Å². The molecular weight excluding hydrogens is 348 g/mol. The van der Waals surface area contributed by atoms with Crippen LogP contribution in [0.1, 0.15) is 56.8 Å². The molecule has 144 valence electrons. The van der Waals surface area contributed by atoms with Crippen LogP contribution in [0.25, 0.3) is 0 Å². The molecule has 1 aromatic rings. The van der Waals surface area contributed by atoms with Crippen LogP contribution in [0.2, 0.25) is 0 Å². The summed E-state index contributed by atoms with van der Waals surface area (Å²) in [5, 5.41) is 3.13. The molecule has 0 heterocycles. The monoisotopic (exact) mass is 378 g/mol. The van der Waals surface area contributed by atoms with E-state index in [1.807, 2.05) is 13.8 Å². The van der Waals surface area contributed by atoms with E-state index in [9.17, 15) is 13.2 Å². The van der Waals surface area contributed by atoms with Gasteiger partial charge in [0.15, 0.2) is 0 Å². The Bertz CT molecular complexity index is 741. The van der Waals surface area contributed by atoms with Crippen LogP contribution in [0, 0.1) is 17.8 Å². The van der Waals surface area contributed by atoms with Crippen molar-refractivity contribution in [2.45, 2.75) is 57.4 Å². The zero-order valence-electron chi connectivity index (χ0n) is 15.9. The first-order chi connectivity index (χ1) is 12.4. The summed E-state index contributed by atoms with van der Waals surface area (Å²) >= 11 is 0. The van der Waals surface area contributed by atoms with Crippen LogP contribution in [0.4, 0.5) is 0 Å². The van der Waals surface area contributed by atoms with E-state index >= 15 is 0 Å². The highest BCUT2D eigenvalue weighted by Crippen LogP contribution is 2.49. The normalized spacial score (nSPS) is 26.2. The Morgan fingerprint density at radius 1 is 1.15 bits per heavy atom. The minimum Gasteiger partial charge on any atom is -0.349 e. The smallest absolute Gasteiger partial charge is 0.251 e. The van der Waals surface area contributed by atoms with Crippen LogP contribution in [0.3, 0.4) is 0 Å². The number of sulfonamides is 1. The summed E-state index contributed by atoms with van der Waals surface area (Å²) in [5.74, 6) is 2.08. The van der Waals surface area contributed by atoms with E-state index in [4.69, 9.17) is 0 Å². The molecule has 2 aliphatic rings. The van der Waals surface area contributed by atoms with Gasteiger partial charge in [0, 0.05) is 24.7 Å². The molecule has 1 aromatic carbocycles. The second kappa shape index (κ2) is 7.69. The topological polar surface area (TPSA) is 66.5 Å². The minimum atomic E-state index is -3.48. The van der Waals surface area contributed by atoms with Crippen molar-refractivity contribution in [3.05, 3.63) is 29.8 Å². The fourth-order valence-electron chi connectivity index (χ4n) is 4.79. The van der Waals surface area contributed by atoms with Gasteiger partial charge in [-0.3, -0.25) is 4.79 Å². The van der Waals surface area contributed by atoms with Crippen LogP contribution < -0.4 is 5.32 Å². The van der Waals surface area contributed by atoms with Gasteiger partial charge in [0.1, 0.15) is 0 Å². The molecule has 2 fully saturated rings. The number of nitrogens with one attached hydrogen (secondary N) is 1. The largest absolute Gasteiger partial charge is 0.349 e. The number of fused-ring (bicyclic) bond motifs is 2. The third kappa shape index (κ3) is 3.67. The van der Waals surface area contributed by atoms with E-state index in [1.54, 1.807) is 12.1 Å². The molecule has 1 N–H and O–H groups in total. The van der Waals surface area contributed by atoms with Crippen molar-refractivity contribution in [2.75, 3.05) is 13.1 Å². The Balaban J connectivity index is 1.65. The summed E-state index contributed by atoms with van der Waals surface area (Å²) in [6.07, 6.45) is 5.20. The molecule has 0 aromatic heterocycles. The first kappa shape index (κ1) is 19.4. The number of carbonyl (C=O) groups is 1. The highest BCUT2D eigenvalue weighted by atomic mass is 32.2. The Hall–Kier alpha value is -1.40. The van der Waals surface area contributed by atoms with Crippen molar-refractivity contribution < 1.29 is 13.2 Å². The van der Waals surface area contributed by atoms with Gasteiger partial charge in [0.25, 0.3) is 5.91 Å². The van der Waals surface area contributed by atoms with Crippen molar-refractivity contribution in [3.63, 3.8) is 0 Å². The standard InChI is InChI=1S/C20H30N2O3S/c1-4-22(5-2)26(24,25)18-10-8-16(9-11-18)20(23)21-14(3)19-13-15-6-7-17(19)12-15/h8-11,14-15,17,19H,4-7,12-13H2,1-3H3,(H,21,23)/t14-,15-,17-,19+/m0/s1. The zero-order valence-corrected chi connectivity index (χ0v) is 16.8. The second-order valence-corrected chi connectivity index (χ2v) is 9.65. The van der Waals surface area contributed by atoms with Crippen molar-refractivity contribution in [1.29, 1.82) is 0 Å². The maximum Gasteiger partial charge on any atom is 0.251 e. The third-order valence-electron chi connectivity index (χ3n) is 6.25. The number of benzene rings is 1. The van der Waals surface area contributed by atoms with Gasteiger partial charge in [0.05, 0.1) is 4.90 Å². The molecule has 2 saturated carbocycles. The molecule has 0 spiro atoms. The van der Waals surface area contributed by atoms with Gasteiger partial charge in [-0.25, -0.2) is 8.42 Å². The molecule has 5 nitrogen and oxygen atoms in total. The van der Waals surface area contributed by atoms with Crippen molar-refractivity contribution in [3.8, 4) is 0 Å². The lowest BCUT2D eigenvalue weighted by atomic mass is 9.84. The number of nitrogens with zero attached hydrogens (tertiary/aromatic N) is 1. The van der Waals surface area contributed by atoms with Gasteiger partial charge in [0.2, 0.25) is 10.0 Å². The molecule has 4 atom stereocenters. The van der Waals surface area contributed by atoms with Crippen LogP contribution in [-0.4, -0.2) is 37.8 Å². The summed E-state index contributed by atoms with van der Waals surface area (Å²) < 4.78 is 26.5. The summed E-state index contributed by atoms with van der Waals surface area (Å²) in [6, 6.07) is 6.45. The number of carbonyl (C=O) groups excluding carboxylic acids is 1. The van der Waals surface area contributed by atoms with Crippen LogP contribution in [0.15, 0.2) is 29.2 Å². The number of hydrogen-bond acceptors (Lipinski definition) is 3. The predicted molar refractivity (Wildman–Crippen MR) is 102 cm³/mol. The molecule has 2 aliphatic carbocycles. The lowest BCUT2D eigenvalue weighted by molar-refractivity contribution is 0.0915. The van der Waals surface area contributed by atoms with Crippen molar-refractivity contribution >= 4 is 15.9 Å². The van der Waals surface area contributed by atoms with Gasteiger partial charge < -0.3 is 5.32 Å². The summed E-state index contributed by atoms with van der Waals surface area (Å²) in [4.78, 5) is 12.8. The Morgan fingerprint density at radius 3 is 2.31 bits per heavy atom. The van der Waals surface area contributed by atoms with E-state index in [1.165, 1.54) is 42.1 Å². The molecule has 26 heavy (non-hydrogen) atoms. The fourth-order valence-corrected chi connectivity index (χ4v) is 6.25. The lowest BCUT2D eigenvalue weighted by Crippen LogP contribution is -2.40. The Morgan fingerprint density at radius 2 is 1.81 bits per heavy atom. The quantitative estimate of drug-likeness (QED) is 0.792. The average molecular weight is 379 g/mol. The van der Waals surface area contributed by atoms with E-state index < -0.39 is 10.0 Å². The first-order valence-electron chi connectivity index (χ1n) is 9.77. The van der Waals surface area contributed by atoms with E-state index in [0.717, 1.165) is 11.8 Å². The highest BCUT2D eigenvalue weighted by molar-refractivity contribution is 7.89. The first-order valence-corrected chi connectivity index (χ1v) is 11.2. The van der Waals surface area contributed by atoms with Gasteiger partial charge in [-0.1, -0.05) is 20.3 Å². The summed E-state index contributed by atoms with van der Waals surface area (Å²) in [6.45, 7) is 6.60. The number of hydrogen-bond donors (Lipinski definition) is 1. The molecule has 0 unspecified atom stereocenters. The summed E-state index contributed by atoms with van der Waals surface area (Å²) in [7, 11) is -3.48. The Kier molecular flexibility index (Phi) is 5.72. The molecule has 0 radical (unpaired) electrons. The molecular formula is C20H30N2O3S. The molecule has 0 saturated heterocycles. The number of amides is 1. The Labute approximate surface area is 157 Å². The zero-order chi connectivity index (χ0) is 18.9. The minimum absolute atomic E-state index is 0.118.